The molecule has 0 aliphatic rings. The first kappa shape index (κ1) is 13.6. The van der Waals surface area contributed by atoms with Crippen LogP contribution in [0.25, 0.3) is 10.9 Å². The topological polar surface area (TPSA) is 53.1 Å². The molecule has 108 valence electrons. The summed E-state index contributed by atoms with van der Waals surface area (Å²) in [7, 11) is 1.64. The van der Waals surface area contributed by atoms with E-state index in [-0.39, 0.29) is 0 Å². The van der Waals surface area contributed by atoms with Crippen LogP contribution in [0.3, 0.4) is 0 Å². The van der Waals surface area contributed by atoms with Crippen LogP contribution in [0.1, 0.15) is 11.3 Å². The summed E-state index contributed by atoms with van der Waals surface area (Å²) in [6.45, 7) is 1.41. The molecule has 0 aliphatic heterocycles. The summed E-state index contributed by atoms with van der Waals surface area (Å²) in [5.74, 6) is 0.647. The number of aromatic nitrogens is 2. The Labute approximate surface area is 124 Å². The zero-order chi connectivity index (χ0) is 14.7. The number of nitrogens with zero attached hydrogens (tertiary/aromatic N) is 2. The first-order chi connectivity index (χ1) is 10.3. The normalized spacial score (nSPS) is 11.0. The Morgan fingerprint density at radius 3 is 2.90 bits per heavy atom. The Hall–Kier alpha value is -2.33. The molecule has 0 unspecified atom stereocenters. The van der Waals surface area contributed by atoms with Crippen LogP contribution in [0.15, 0.2) is 48.7 Å². The summed E-state index contributed by atoms with van der Waals surface area (Å²) < 4.78 is 7.37. The third-order valence-corrected chi connectivity index (χ3v) is 3.59. The fourth-order valence-corrected chi connectivity index (χ4v) is 2.54. The second kappa shape index (κ2) is 5.97. The predicted molar refractivity (Wildman–Crippen MR) is 84.6 cm³/mol. The van der Waals surface area contributed by atoms with Gasteiger partial charge in [0.25, 0.3) is 0 Å². The molecule has 2 heterocycles. The molecule has 3 rings (SSSR count). The van der Waals surface area contributed by atoms with Crippen molar-refractivity contribution in [2.45, 2.75) is 13.0 Å². The molecule has 0 saturated carbocycles. The number of fused-ring (bicyclic) bond motifs is 1. The van der Waals surface area contributed by atoms with Gasteiger partial charge >= 0.3 is 0 Å². The van der Waals surface area contributed by atoms with Crippen LogP contribution in [0.4, 0.5) is 0 Å². The van der Waals surface area contributed by atoms with Crippen LogP contribution in [0.2, 0.25) is 0 Å². The van der Waals surface area contributed by atoms with E-state index < -0.39 is 0 Å². The maximum absolute atomic E-state index is 5.61. The summed E-state index contributed by atoms with van der Waals surface area (Å²) in [5, 5.41) is 1.24. The molecule has 4 nitrogen and oxygen atoms in total. The number of pyridine rings is 1. The Balaban J connectivity index is 1.90. The number of hydrogen-bond donors (Lipinski definition) is 1. The number of hydrogen-bond acceptors (Lipinski definition) is 3. The third kappa shape index (κ3) is 2.90. The lowest BCUT2D eigenvalue weighted by Crippen LogP contribution is -2.03. The van der Waals surface area contributed by atoms with Gasteiger partial charge in [-0.15, -0.1) is 0 Å². The van der Waals surface area contributed by atoms with Gasteiger partial charge in [-0.2, -0.15) is 0 Å². The van der Waals surface area contributed by atoms with Gasteiger partial charge in [-0.1, -0.05) is 12.1 Å². The van der Waals surface area contributed by atoms with Crippen molar-refractivity contribution in [3.05, 3.63) is 59.9 Å². The monoisotopic (exact) mass is 281 g/mol. The number of benzene rings is 1. The molecule has 0 radical (unpaired) electrons. The van der Waals surface area contributed by atoms with Crippen LogP contribution in [0, 0.1) is 0 Å². The van der Waals surface area contributed by atoms with E-state index in [0.717, 1.165) is 18.7 Å². The van der Waals surface area contributed by atoms with Crippen molar-refractivity contribution in [3.8, 4) is 5.88 Å². The van der Waals surface area contributed by atoms with Gasteiger partial charge in [0.05, 0.1) is 19.3 Å². The van der Waals surface area contributed by atoms with E-state index in [1.807, 2.05) is 18.2 Å². The SMILES string of the molecule is COc1cccc(Cn2ccc3cc(CCN)ccc32)n1. The molecule has 0 bridgehead atoms. The lowest BCUT2D eigenvalue weighted by atomic mass is 10.1. The van der Waals surface area contributed by atoms with Gasteiger partial charge < -0.3 is 15.0 Å². The van der Waals surface area contributed by atoms with E-state index in [1.165, 1.54) is 16.5 Å². The fourth-order valence-electron chi connectivity index (χ4n) is 2.54. The smallest absolute Gasteiger partial charge is 0.213 e. The molecule has 0 spiro atoms. The zero-order valence-corrected chi connectivity index (χ0v) is 12.1. The van der Waals surface area contributed by atoms with Gasteiger partial charge in [0.1, 0.15) is 0 Å². The van der Waals surface area contributed by atoms with Gasteiger partial charge in [0.15, 0.2) is 0 Å². The summed E-state index contributed by atoms with van der Waals surface area (Å²) in [6.07, 6.45) is 3.01. The summed E-state index contributed by atoms with van der Waals surface area (Å²) in [4.78, 5) is 4.46. The lowest BCUT2D eigenvalue weighted by Gasteiger charge is -2.07. The van der Waals surface area contributed by atoms with Crippen LogP contribution >= 0.6 is 0 Å². The van der Waals surface area contributed by atoms with Crippen molar-refractivity contribution in [2.24, 2.45) is 5.73 Å². The molecule has 0 amide bonds. The quantitative estimate of drug-likeness (QED) is 0.782. The van der Waals surface area contributed by atoms with Crippen LogP contribution < -0.4 is 10.5 Å². The van der Waals surface area contributed by atoms with Crippen molar-refractivity contribution in [2.75, 3.05) is 13.7 Å². The third-order valence-electron chi connectivity index (χ3n) is 3.59. The first-order valence-electron chi connectivity index (χ1n) is 7.08. The van der Waals surface area contributed by atoms with Crippen molar-refractivity contribution < 1.29 is 4.74 Å². The molecular formula is C17H19N3O. The molecule has 0 atom stereocenters. The predicted octanol–water partition coefficient (Wildman–Crippen LogP) is 2.59. The minimum absolute atomic E-state index is 0.647. The summed E-state index contributed by atoms with van der Waals surface area (Å²) in [5.41, 5.74) is 9.09. The minimum Gasteiger partial charge on any atom is -0.481 e. The highest BCUT2D eigenvalue weighted by atomic mass is 16.5. The molecule has 3 aromatic rings. The molecule has 4 heteroatoms. The molecular weight excluding hydrogens is 262 g/mol. The van der Waals surface area contributed by atoms with E-state index in [0.29, 0.717) is 12.4 Å². The van der Waals surface area contributed by atoms with E-state index in [2.05, 4.69) is 40.0 Å². The minimum atomic E-state index is 0.647. The molecule has 21 heavy (non-hydrogen) atoms. The molecule has 2 aromatic heterocycles. The van der Waals surface area contributed by atoms with Gasteiger partial charge in [-0.25, -0.2) is 4.98 Å². The molecule has 0 aliphatic carbocycles. The highest BCUT2D eigenvalue weighted by Gasteiger charge is 2.04. The molecule has 0 saturated heterocycles. The zero-order valence-electron chi connectivity index (χ0n) is 12.1. The Bertz CT molecular complexity index is 749. The fraction of sp³-hybridized carbons (Fsp3) is 0.235. The second-order valence-corrected chi connectivity index (χ2v) is 5.05. The molecule has 1 aromatic carbocycles. The Kier molecular flexibility index (Phi) is 3.88. The summed E-state index contributed by atoms with van der Waals surface area (Å²) >= 11 is 0. The average Bonchev–Trinajstić information content (AvgIpc) is 2.90. The highest BCUT2D eigenvalue weighted by molar-refractivity contribution is 5.81. The van der Waals surface area contributed by atoms with Crippen LogP contribution in [-0.4, -0.2) is 23.2 Å². The van der Waals surface area contributed by atoms with Gasteiger partial charge in [0.2, 0.25) is 5.88 Å². The number of rotatable bonds is 5. The van der Waals surface area contributed by atoms with E-state index in [1.54, 1.807) is 7.11 Å². The van der Waals surface area contributed by atoms with Gasteiger partial charge in [0, 0.05) is 17.8 Å². The average molecular weight is 281 g/mol. The molecule has 0 fully saturated rings. The Morgan fingerprint density at radius 1 is 1.19 bits per heavy atom. The largest absolute Gasteiger partial charge is 0.481 e. The highest BCUT2D eigenvalue weighted by Crippen LogP contribution is 2.19. The lowest BCUT2D eigenvalue weighted by molar-refractivity contribution is 0.396. The summed E-state index contributed by atoms with van der Waals surface area (Å²) in [6, 6.07) is 14.5. The van der Waals surface area contributed by atoms with Gasteiger partial charge in [-0.05, 0) is 48.2 Å². The van der Waals surface area contributed by atoms with Crippen LogP contribution in [-0.2, 0) is 13.0 Å². The van der Waals surface area contributed by atoms with Gasteiger partial charge in [-0.3, -0.25) is 0 Å². The standard InChI is InChI=1S/C17H19N3O/c1-21-17-4-2-3-15(19-17)12-20-10-8-14-11-13(7-9-18)5-6-16(14)20/h2-6,8,10-11H,7,9,12,18H2,1H3. The Morgan fingerprint density at radius 2 is 2.10 bits per heavy atom. The van der Waals surface area contributed by atoms with E-state index in [4.69, 9.17) is 10.5 Å². The van der Waals surface area contributed by atoms with Crippen LogP contribution in [0.5, 0.6) is 5.88 Å². The maximum atomic E-state index is 5.61. The maximum Gasteiger partial charge on any atom is 0.213 e. The van der Waals surface area contributed by atoms with Crippen molar-refractivity contribution >= 4 is 10.9 Å². The second-order valence-electron chi connectivity index (χ2n) is 5.05. The van der Waals surface area contributed by atoms with Crippen molar-refractivity contribution in [1.82, 2.24) is 9.55 Å². The number of methoxy groups -OCH3 is 1. The van der Waals surface area contributed by atoms with E-state index in [9.17, 15) is 0 Å². The van der Waals surface area contributed by atoms with Crippen molar-refractivity contribution in [3.63, 3.8) is 0 Å². The number of ether oxygens (including phenoxy) is 1. The van der Waals surface area contributed by atoms with E-state index >= 15 is 0 Å². The first-order valence-corrected chi connectivity index (χ1v) is 7.08. The van der Waals surface area contributed by atoms with Crippen molar-refractivity contribution in [1.29, 1.82) is 0 Å². The number of nitrogens with two attached hydrogens (primary N) is 1. The molecule has 2 N–H and O–H groups in total.